The summed E-state index contributed by atoms with van der Waals surface area (Å²) in [5.41, 5.74) is 0.340. The van der Waals surface area contributed by atoms with Crippen molar-refractivity contribution in [2.24, 2.45) is 0 Å². The van der Waals surface area contributed by atoms with E-state index in [9.17, 15) is 36.0 Å². The highest BCUT2D eigenvalue weighted by atomic mass is 32.2. The van der Waals surface area contributed by atoms with Gasteiger partial charge in [-0.15, -0.1) is 0 Å². The molecular formula is C34H39F3N4O10S. The Morgan fingerprint density at radius 3 is 2.31 bits per heavy atom. The number of fused-ring (bicyclic) bond motifs is 2. The van der Waals surface area contributed by atoms with E-state index in [1.807, 2.05) is 35.1 Å². The maximum Gasteiger partial charge on any atom is 0.490 e. The summed E-state index contributed by atoms with van der Waals surface area (Å²) in [6, 6.07) is 14.4. The molecule has 0 saturated carbocycles. The van der Waals surface area contributed by atoms with Gasteiger partial charge in [0.05, 0.1) is 49.9 Å². The van der Waals surface area contributed by atoms with Crippen molar-refractivity contribution in [1.29, 1.82) is 0 Å². The molecule has 282 valence electrons. The van der Waals surface area contributed by atoms with Crippen LogP contribution in [-0.4, -0.2) is 94.2 Å². The lowest BCUT2D eigenvalue weighted by atomic mass is 9.84. The molecule has 1 spiro atoms. The summed E-state index contributed by atoms with van der Waals surface area (Å²) in [6.45, 7) is 4.58. The standard InChI is InChI=1S/C32H38N4O8S.C2HF3O2/c1-5-43-27-23-10-8-9-21(22(23)13-14-24(27)30(38)35-45(4,40)41)19-36-25-11-6-7-12-26(25)44-32(15-17-42-18-16-32)28(31(36)39)34-29(37)20(2)33-3;3-2(4,5)1(6)7/h6-14,20,28,33H,5,15-19H2,1-4H3,(H,34,37)(H,35,38);(H,6,7)/t20-,28+;/m0./s1. The number of ether oxygens (including phenoxy) is 3. The number of carboxylic acids is 1. The zero-order valence-electron chi connectivity index (χ0n) is 28.7. The number of carbonyl (C=O) groups excluding carboxylic acids is 3. The molecule has 14 nitrogen and oxygen atoms in total. The van der Waals surface area contributed by atoms with Gasteiger partial charge in [-0.2, -0.15) is 13.2 Å². The molecule has 0 aromatic heterocycles. The number of aliphatic carboxylic acids is 1. The fourth-order valence-corrected chi connectivity index (χ4v) is 6.26. The minimum Gasteiger partial charge on any atom is -0.492 e. The fourth-order valence-electron chi connectivity index (χ4n) is 5.81. The van der Waals surface area contributed by atoms with Crippen LogP contribution in [0.5, 0.6) is 11.5 Å². The number of rotatable bonds is 9. The van der Waals surface area contributed by atoms with Crippen LogP contribution in [0.3, 0.4) is 0 Å². The number of alkyl halides is 3. The van der Waals surface area contributed by atoms with Gasteiger partial charge in [0.2, 0.25) is 15.9 Å². The van der Waals surface area contributed by atoms with Crippen LogP contribution in [0.25, 0.3) is 10.8 Å². The number of halogens is 3. The molecule has 3 aromatic rings. The minimum absolute atomic E-state index is 0.0689. The number of amides is 3. The second kappa shape index (κ2) is 16.2. The first kappa shape index (κ1) is 39.8. The first-order valence-corrected chi connectivity index (χ1v) is 18.0. The van der Waals surface area contributed by atoms with Crippen LogP contribution in [0.2, 0.25) is 0 Å². The van der Waals surface area contributed by atoms with Crippen LogP contribution in [0.15, 0.2) is 54.6 Å². The van der Waals surface area contributed by atoms with E-state index in [0.717, 1.165) is 11.8 Å². The zero-order valence-corrected chi connectivity index (χ0v) is 29.5. The molecule has 0 bridgehead atoms. The van der Waals surface area contributed by atoms with Crippen molar-refractivity contribution in [2.75, 3.05) is 38.0 Å². The SMILES string of the molecule is CCOc1c(C(=O)NS(C)(=O)=O)ccc2c(CN3C(=O)[C@@H](NC(=O)[C@H](C)NC)C4(CCOCC4)Oc4ccccc43)cccc12.O=C(O)C(F)(F)F. The second-order valence-electron chi connectivity index (χ2n) is 12.0. The first-order valence-electron chi connectivity index (χ1n) is 16.1. The highest BCUT2D eigenvalue weighted by molar-refractivity contribution is 7.89. The van der Waals surface area contributed by atoms with Gasteiger partial charge in [0.25, 0.3) is 11.8 Å². The molecule has 4 N–H and O–H groups in total. The van der Waals surface area contributed by atoms with Crippen molar-refractivity contribution >= 4 is 50.2 Å². The number of nitrogens with one attached hydrogen (secondary N) is 3. The highest BCUT2D eigenvalue weighted by Crippen LogP contribution is 2.42. The maximum absolute atomic E-state index is 14.6. The van der Waals surface area contributed by atoms with Gasteiger partial charge < -0.3 is 34.9 Å². The Balaban J connectivity index is 0.000000785. The molecule has 2 heterocycles. The van der Waals surface area contributed by atoms with Crippen molar-refractivity contribution in [2.45, 2.75) is 57.1 Å². The van der Waals surface area contributed by atoms with Gasteiger partial charge in [0.1, 0.15) is 23.1 Å². The summed E-state index contributed by atoms with van der Waals surface area (Å²) in [6.07, 6.45) is -3.36. The summed E-state index contributed by atoms with van der Waals surface area (Å²) in [5.74, 6) is -3.48. The number of hydrogen-bond donors (Lipinski definition) is 4. The molecule has 0 unspecified atom stereocenters. The van der Waals surface area contributed by atoms with Crippen LogP contribution in [0.1, 0.15) is 42.6 Å². The second-order valence-corrected chi connectivity index (χ2v) is 13.8. The van der Waals surface area contributed by atoms with Gasteiger partial charge in [-0.3, -0.25) is 14.4 Å². The van der Waals surface area contributed by atoms with Gasteiger partial charge in [0, 0.05) is 18.2 Å². The summed E-state index contributed by atoms with van der Waals surface area (Å²) in [4.78, 5) is 51.2. The van der Waals surface area contributed by atoms with Gasteiger partial charge in [-0.05, 0) is 50.0 Å². The largest absolute Gasteiger partial charge is 0.492 e. The predicted molar refractivity (Wildman–Crippen MR) is 183 cm³/mol. The van der Waals surface area contributed by atoms with E-state index in [-0.39, 0.29) is 36.3 Å². The molecule has 1 saturated heterocycles. The van der Waals surface area contributed by atoms with Crippen LogP contribution >= 0.6 is 0 Å². The number of sulfonamides is 1. The van der Waals surface area contributed by atoms with Gasteiger partial charge in [0.15, 0.2) is 0 Å². The molecule has 0 radical (unpaired) electrons. The molecule has 5 rings (SSSR count). The number of anilines is 1. The lowest BCUT2D eigenvalue weighted by Gasteiger charge is -2.41. The molecule has 52 heavy (non-hydrogen) atoms. The fraction of sp³-hybridized carbons (Fsp3) is 0.412. The monoisotopic (exact) mass is 752 g/mol. The predicted octanol–water partition coefficient (Wildman–Crippen LogP) is 3.13. The average molecular weight is 753 g/mol. The lowest BCUT2D eigenvalue weighted by Crippen LogP contribution is -2.65. The lowest BCUT2D eigenvalue weighted by molar-refractivity contribution is -0.192. The molecule has 3 aromatic carbocycles. The average Bonchev–Trinajstić information content (AvgIpc) is 3.16. The number of para-hydroxylation sites is 2. The molecule has 2 aliphatic heterocycles. The van der Waals surface area contributed by atoms with Crippen LogP contribution in [0.4, 0.5) is 18.9 Å². The Bertz CT molecular complexity index is 1930. The molecule has 3 amide bonds. The van der Waals surface area contributed by atoms with E-state index in [4.69, 9.17) is 24.1 Å². The van der Waals surface area contributed by atoms with Gasteiger partial charge in [-0.25, -0.2) is 17.9 Å². The minimum atomic E-state index is -5.08. The van der Waals surface area contributed by atoms with Crippen LogP contribution in [-0.2, 0) is 35.7 Å². The number of carboxylic acid groups (broad SMARTS) is 1. The number of nitrogens with zero attached hydrogens (tertiary/aromatic N) is 1. The first-order chi connectivity index (χ1) is 24.4. The van der Waals surface area contributed by atoms with Crippen LogP contribution in [0, 0.1) is 0 Å². The topological polar surface area (TPSA) is 190 Å². The zero-order chi connectivity index (χ0) is 38.4. The molecular weight excluding hydrogens is 713 g/mol. The number of benzene rings is 3. The summed E-state index contributed by atoms with van der Waals surface area (Å²) in [7, 11) is -2.13. The maximum atomic E-state index is 14.6. The molecule has 18 heteroatoms. The third-order valence-electron chi connectivity index (χ3n) is 8.45. The molecule has 2 atom stereocenters. The van der Waals surface area contributed by atoms with Crippen molar-refractivity contribution in [3.05, 3.63) is 65.7 Å². The van der Waals surface area contributed by atoms with E-state index in [1.165, 1.54) is 6.07 Å². The third kappa shape index (κ3) is 9.10. The Labute approximate surface area is 297 Å². The normalized spacial score (nSPS) is 17.5. The Kier molecular flexibility index (Phi) is 12.4. The van der Waals surface area contributed by atoms with Crippen molar-refractivity contribution < 1.29 is 60.1 Å². The summed E-state index contributed by atoms with van der Waals surface area (Å²) < 4.78 is 75.5. The number of likely N-dealkylation sites (N-methyl/N-ethyl adjacent to an activating group) is 1. The van der Waals surface area contributed by atoms with E-state index < -0.39 is 45.8 Å². The van der Waals surface area contributed by atoms with Crippen molar-refractivity contribution in [3.8, 4) is 11.5 Å². The van der Waals surface area contributed by atoms with E-state index in [2.05, 4.69) is 10.6 Å². The third-order valence-corrected chi connectivity index (χ3v) is 9.00. The van der Waals surface area contributed by atoms with Crippen molar-refractivity contribution in [1.82, 2.24) is 15.4 Å². The Morgan fingerprint density at radius 2 is 1.71 bits per heavy atom. The Morgan fingerprint density at radius 1 is 1.06 bits per heavy atom. The van der Waals surface area contributed by atoms with E-state index in [0.29, 0.717) is 48.3 Å². The Hall–Kier alpha value is -4.94. The quantitative estimate of drug-likeness (QED) is 0.251. The summed E-state index contributed by atoms with van der Waals surface area (Å²) in [5, 5.41) is 14.3. The molecule has 0 aliphatic carbocycles. The van der Waals surface area contributed by atoms with E-state index in [1.54, 1.807) is 44.0 Å². The van der Waals surface area contributed by atoms with Gasteiger partial charge in [-0.1, -0.05) is 36.4 Å². The van der Waals surface area contributed by atoms with Crippen LogP contribution < -0.4 is 29.7 Å². The summed E-state index contributed by atoms with van der Waals surface area (Å²) >= 11 is 0. The molecule has 1 fully saturated rings. The molecule has 2 aliphatic rings. The number of hydrogen-bond acceptors (Lipinski definition) is 10. The van der Waals surface area contributed by atoms with E-state index >= 15 is 0 Å². The van der Waals surface area contributed by atoms with Gasteiger partial charge >= 0.3 is 12.1 Å². The highest BCUT2D eigenvalue weighted by Gasteiger charge is 2.51. The van der Waals surface area contributed by atoms with Crippen molar-refractivity contribution in [3.63, 3.8) is 0 Å². The number of carbonyl (C=O) groups is 4. The smallest absolute Gasteiger partial charge is 0.490 e.